The molecule has 10 heteroatoms. The van der Waals surface area contributed by atoms with Crippen LogP contribution in [0.25, 0.3) is 0 Å². The molecule has 0 aromatic heterocycles. The van der Waals surface area contributed by atoms with Crippen LogP contribution >= 0.6 is 0 Å². The number of rotatable bonds is 9. The Morgan fingerprint density at radius 2 is 1.24 bits per heavy atom. The summed E-state index contributed by atoms with van der Waals surface area (Å²) in [6.45, 7) is 3.69. The number of anilines is 3. The molecule has 0 unspecified atom stereocenters. The molecular weight excluding hydrogens is 462 g/mol. The van der Waals surface area contributed by atoms with E-state index in [1.807, 2.05) is 6.92 Å². The van der Waals surface area contributed by atoms with Crippen LogP contribution in [0, 0.1) is 6.92 Å². The Morgan fingerprint density at radius 3 is 1.82 bits per heavy atom. The van der Waals surface area contributed by atoms with Gasteiger partial charge in [-0.05, 0) is 74.0 Å². The van der Waals surface area contributed by atoms with E-state index in [0.29, 0.717) is 23.5 Å². The molecule has 0 atom stereocenters. The zero-order chi connectivity index (χ0) is 24.1. The minimum atomic E-state index is -3.79. The van der Waals surface area contributed by atoms with Crippen molar-refractivity contribution in [2.24, 2.45) is 0 Å². The van der Waals surface area contributed by atoms with Crippen molar-refractivity contribution in [1.29, 1.82) is 0 Å². The van der Waals surface area contributed by atoms with Crippen molar-refractivity contribution in [3.8, 4) is 0 Å². The number of aryl methyl sites for hydroxylation is 1. The van der Waals surface area contributed by atoms with Gasteiger partial charge in [0.1, 0.15) is 0 Å². The van der Waals surface area contributed by atoms with E-state index in [-0.39, 0.29) is 16.2 Å². The first-order chi connectivity index (χ1) is 15.6. The lowest BCUT2D eigenvalue weighted by Crippen LogP contribution is -2.16. The Balaban J connectivity index is 1.64. The van der Waals surface area contributed by atoms with Gasteiger partial charge in [-0.2, -0.15) is 0 Å². The van der Waals surface area contributed by atoms with E-state index in [1.54, 1.807) is 55.5 Å². The fourth-order valence-electron chi connectivity index (χ4n) is 2.95. The highest BCUT2D eigenvalue weighted by atomic mass is 32.2. The van der Waals surface area contributed by atoms with Crippen molar-refractivity contribution in [2.75, 3.05) is 20.5 Å². The van der Waals surface area contributed by atoms with Gasteiger partial charge in [0.2, 0.25) is 10.0 Å². The van der Waals surface area contributed by atoms with Gasteiger partial charge in [-0.25, -0.2) is 16.8 Å². The van der Waals surface area contributed by atoms with Gasteiger partial charge < -0.3 is 5.32 Å². The molecule has 0 aliphatic heterocycles. The summed E-state index contributed by atoms with van der Waals surface area (Å²) in [7, 11) is -7.18. The van der Waals surface area contributed by atoms with Crippen LogP contribution in [0.4, 0.5) is 17.1 Å². The standard InChI is InChI=1S/C23H25N3O5S2/c1-3-16-32(28,29)25-20-12-10-19(11-13-20)24-23(27)18-6-14-22(15-7-18)33(30,31)26-21-8-4-17(2)5-9-21/h4-15,25-26H,3,16H2,1-2H3,(H,24,27). The molecule has 0 aliphatic rings. The molecular formula is C23H25N3O5S2. The molecule has 3 aromatic carbocycles. The summed E-state index contributed by atoms with van der Waals surface area (Å²) in [6, 6.07) is 18.8. The molecule has 8 nitrogen and oxygen atoms in total. The average Bonchev–Trinajstić information content (AvgIpc) is 2.76. The van der Waals surface area contributed by atoms with Gasteiger partial charge >= 0.3 is 0 Å². The van der Waals surface area contributed by atoms with E-state index in [1.165, 1.54) is 24.3 Å². The fourth-order valence-corrected chi connectivity index (χ4v) is 5.14. The van der Waals surface area contributed by atoms with Crippen LogP contribution in [0.5, 0.6) is 0 Å². The number of nitrogens with one attached hydrogen (secondary N) is 3. The molecule has 1 amide bonds. The largest absolute Gasteiger partial charge is 0.322 e. The molecule has 0 fully saturated rings. The quantitative estimate of drug-likeness (QED) is 0.418. The Kier molecular flexibility index (Phi) is 7.39. The zero-order valence-electron chi connectivity index (χ0n) is 18.2. The Hall–Kier alpha value is -3.37. The van der Waals surface area contributed by atoms with Gasteiger partial charge in [-0.15, -0.1) is 0 Å². The molecule has 3 N–H and O–H groups in total. The summed E-state index contributed by atoms with van der Waals surface area (Å²) in [4.78, 5) is 12.5. The summed E-state index contributed by atoms with van der Waals surface area (Å²) >= 11 is 0. The number of hydrogen-bond donors (Lipinski definition) is 3. The van der Waals surface area contributed by atoms with Gasteiger partial charge in [0.15, 0.2) is 0 Å². The van der Waals surface area contributed by atoms with Crippen molar-refractivity contribution in [3.63, 3.8) is 0 Å². The van der Waals surface area contributed by atoms with Crippen LogP contribution in [0.2, 0.25) is 0 Å². The number of sulfonamides is 2. The molecule has 33 heavy (non-hydrogen) atoms. The van der Waals surface area contributed by atoms with Crippen molar-refractivity contribution in [1.82, 2.24) is 0 Å². The second kappa shape index (κ2) is 10.1. The summed E-state index contributed by atoms with van der Waals surface area (Å²) in [5, 5.41) is 2.70. The number of benzene rings is 3. The van der Waals surface area contributed by atoms with Crippen LogP contribution in [-0.4, -0.2) is 28.5 Å². The van der Waals surface area contributed by atoms with Gasteiger partial charge in [0, 0.05) is 22.6 Å². The van der Waals surface area contributed by atoms with Gasteiger partial charge in [-0.1, -0.05) is 24.6 Å². The summed E-state index contributed by atoms with van der Waals surface area (Å²) in [5.74, 6) is -0.401. The monoisotopic (exact) mass is 487 g/mol. The maximum atomic E-state index is 12.6. The third-order valence-electron chi connectivity index (χ3n) is 4.62. The number of amides is 1. The van der Waals surface area contributed by atoms with Gasteiger partial charge in [0.05, 0.1) is 10.6 Å². The molecule has 0 aliphatic carbocycles. The highest BCUT2D eigenvalue weighted by molar-refractivity contribution is 7.93. The van der Waals surface area contributed by atoms with Crippen LogP contribution in [0.3, 0.4) is 0 Å². The number of carbonyl (C=O) groups excluding carboxylic acids is 1. The van der Waals surface area contributed by atoms with Gasteiger partial charge in [-0.3, -0.25) is 14.2 Å². The van der Waals surface area contributed by atoms with Crippen LogP contribution in [0.1, 0.15) is 29.3 Å². The summed E-state index contributed by atoms with van der Waals surface area (Å²) in [6.07, 6.45) is 0.506. The molecule has 0 saturated carbocycles. The normalized spacial score (nSPS) is 11.6. The smallest absolute Gasteiger partial charge is 0.261 e. The second-order valence-electron chi connectivity index (χ2n) is 7.45. The minimum absolute atomic E-state index is 0.0255. The maximum Gasteiger partial charge on any atom is 0.261 e. The molecule has 0 radical (unpaired) electrons. The molecule has 174 valence electrons. The summed E-state index contributed by atoms with van der Waals surface area (Å²) < 4.78 is 53.8. The minimum Gasteiger partial charge on any atom is -0.322 e. The van der Waals surface area contributed by atoms with Crippen molar-refractivity contribution < 1.29 is 21.6 Å². The third kappa shape index (κ3) is 6.80. The molecule has 3 rings (SSSR count). The van der Waals surface area contributed by atoms with E-state index in [2.05, 4.69) is 14.8 Å². The van der Waals surface area contributed by atoms with E-state index in [0.717, 1.165) is 5.56 Å². The van der Waals surface area contributed by atoms with Gasteiger partial charge in [0.25, 0.3) is 15.9 Å². The first kappa shape index (κ1) is 24.3. The molecule has 0 bridgehead atoms. The summed E-state index contributed by atoms with van der Waals surface area (Å²) in [5.41, 5.74) is 2.61. The van der Waals surface area contributed by atoms with E-state index < -0.39 is 26.0 Å². The fraction of sp³-hybridized carbons (Fsp3) is 0.174. The number of hydrogen-bond acceptors (Lipinski definition) is 5. The predicted octanol–water partition coefficient (Wildman–Crippen LogP) is 4.20. The van der Waals surface area contributed by atoms with Crippen LogP contribution in [0.15, 0.2) is 77.7 Å². The predicted molar refractivity (Wildman–Crippen MR) is 131 cm³/mol. The van der Waals surface area contributed by atoms with E-state index >= 15 is 0 Å². The topological polar surface area (TPSA) is 121 Å². The Labute approximate surface area is 194 Å². The second-order valence-corrected chi connectivity index (χ2v) is 11.0. The lowest BCUT2D eigenvalue weighted by molar-refractivity contribution is 0.102. The zero-order valence-corrected chi connectivity index (χ0v) is 19.8. The first-order valence-corrected chi connectivity index (χ1v) is 13.3. The lowest BCUT2D eigenvalue weighted by atomic mass is 10.2. The average molecular weight is 488 g/mol. The maximum absolute atomic E-state index is 12.6. The van der Waals surface area contributed by atoms with Crippen molar-refractivity contribution in [2.45, 2.75) is 25.2 Å². The number of carbonyl (C=O) groups is 1. The van der Waals surface area contributed by atoms with Crippen molar-refractivity contribution >= 4 is 43.0 Å². The SMILES string of the molecule is CCCS(=O)(=O)Nc1ccc(NC(=O)c2ccc(S(=O)(=O)Nc3ccc(C)cc3)cc2)cc1. The first-order valence-electron chi connectivity index (χ1n) is 10.2. The van der Waals surface area contributed by atoms with Crippen LogP contribution in [-0.2, 0) is 20.0 Å². The van der Waals surface area contributed by atoms with Crippen LogP contribution < -0.4 is 14.8 Å². The molecule has 0 spiro atoms. The Morgan fingerprint density at radius 1 is 0.727 bits per heavy atom. The van der Waals surface area contributed by atoms with E-state index in [4.69, 9.17) is 0 Å². The van der Waals surface area contributed by atoms with E-state index in [9.17, 15) is 21.6 Å². The highest BCUT2D eigenvalue weighted by Gasteiger charge is 2.15. The lowest BCUT2D eigenvalue weighted by Gasteiger charge is -2.10. The Bertz CT molecular complexity index is 1320. The third-order valence-corrected chi connectivity index (χ3v) is 7.51. The molecule has 3 aromatic rings. The highest BCUT2D eigenvalue weighted by Crippen LogP contribution is 2.19. The molecule has 0 saturated heterocycles. The van der Waals surface area contributed by atoms with Crippen molar-refractivity contribution in [3.05, 3.63) is 83.9 Å². The molecule has 0 heterocycles.